The fraction of sp³-hybridized carbons (Fsp3) is 0.500. The Morgan fingerprint density at radius 3 is 2.79 bits per heavy atom. The Bertz CT molecular complexity index is 713. The molecule has 2 aromatic heterocycles. The van der Waals surface area contributed by atoms with Crippen molar-refractivity contribution in [3.63, 3.8) is 0 Å². The van der Waals surface area contributed by atoms with Crippen molar-refractivity contribution in [1.29, 1.82) is 0 Å². The van der Waals surface area contributed by atoms with Gasteiger partial charge in [0.15, 0.2) is 5.82 Å². The number of aromatic nitrogens is 4. The molecule has 10 heteroatoms. The van der Waals surface area contributed by atoms with E-state index in [2.05, 4.69) is 25.4 Å². The molecule has 0 radical (unpaired) electrons. The summed E-state index contributed by atoms with van der Waals surface area (Å²) in [5, 5.41) is 6.32. The second-order valence-corrected chi connectivity index (χ2v) is 5.12. The van der Waals surface area contributed by atoms with Crippen LogP contribution < -0.4 is 15.0 Å². The third kappa shape index (κ3) is 3.59. The Morgan fingerprint density at radius 2 is 2.12 bits per heavy atom. The van der Waals surface area contributed by atoms with Gasteiger partial charge in [-0.3, -0.25) is 4.79 Å². The second-order valence-electron chi connectivity index (χ2n) is 5.12. The molecule has 0 unspecified atom stereocenters. The Labute approximate surface area is 138 Å². The van der Waals surface area contributed by atoms with Crippen LogP contribution in [0.5, 0.6) is 6.01 Å². The van der Waals surface area contributed by atoms with Gasteiger partial charge in [0.25, 0.3) is 5.91 Å². The van der Waals surface area contributed by atoms with Crippen LogP contribution in [0.15, 0.2) is 10.7 Å². The van der Waals surface area contributed by atoms with Crippen LogP contribution in [0.3, 0.4) is 0 Å². The van der Waals surface area contributed by atoms with Gasteiger partial charge in [0.05, 0.1) is 33.1 Å². The first-order valence-corrected chi connectivity index (χ1v) is 7.48. The van der Waals surface area contributed by atoms with Gasteiger partial charge in [-0.1, -0.05) is 5.16 Å². The van der Waals surface area contributed by atoms with E-state index in [1.165, 1.54) is 13.3 Å². The van der Waals surface area contributed by atoms with Gasteiger partial charge in [0, 0.05) is 13.1 Å². The Balaban J connectivity index is 1.72. The number of hydrogen-bond acceptors (Lipinski definition) is 9. The summed E-state index contributed by atoms with van der Waals surface area (Å²) in [5.74, 6) is 1.07. The molecular formula is C14H18N6O4. The smallest absolute Gasteiger partial charge is 0.321 e. The maximum absolute atomic E-state index is 12.1. The molecule has 0 bridgehead atoms. The standard InChI is InChI=1S/C14H18N6O4/c1-9-10(7-16-24-9)12(21)15-8-11-17-13(19-14(18-11)22-2)20-3-5-23-6-4-20/h7H,3-6,8H2,1-2H3,(H,15,21). The molecule has 10 nitrogen and oxygen atoms in total. The van der Waals surface area contributed by atoms with Crippen molar-refractivity contribution in [3.8, 4) is 6.01 Å². The lowest BCUT2D eigenvalue weighted by molar-refractivity contribution is 0.0948. The van der Waals surface area contributed by atoms with Gasteiger partial charge in [-0.05, 0) is 6.92 Å². The number of carbonyl (C=O) groups is 1. The molecule has 1 fully saturated rings. The Morgan fingerprint density at radius 1 is 1.33 bits per heavy atom. The number of rotatable bonds is 5. The summed E-state index contributed by atoms with van der Waals surface area (Å²) < 4.78 is 15.3. The van der Waals surface area contributed by atoms with Crippen molar-refractivity contribution in [2.24, 2.45) is 0 Å². The lowest BCUT2D eigenvalue weighted by atomic mass is 10.2. The molecule has 0 saturated carbocycles. The number of aryl methyl sites for hydroxylation is 1. The van der Waals surface area contributed by atoms with E-state index in [-0.39, 0.29) is 18.5 Å². The minimum absolute atomic E-state index is 0.139. The molecule has 24 heavy (non-hydrogen) atoms. The first-order chi connectivity index (χ1) is 11.7. The van der Waals surface area contributed by atoms with Crippen molar-refractivity contribution in [2.75, 3.05) is 38.3 Å². The van der Waals surface area contributed by atoms with Crippen LogP contribution >= 0.6 is 0 Å². The summed E-state index contributed by atoms with van der Waals surface area (Å²) >= 11 is 0. The molecule has 0 aliphatic carbocycles. The highest BCUT2D eigenvalue weighted by Gasteiger charge is 2.18. The number of anilines is 1. The van der Waals surface area contributed by atoms with E-state index in [1.807, 2.05) is 4.90 Å². The van der Waals surface area contributed by atoms with Crippen molar-refractivity contribution in [3.05, 3.63) is 23.3 Å². The zero-order chi connectivity index (χ0) is 16.9. The first-order valence-electron chi connectivity index (χ1n) is 7.48. The number of nitrogens with one attached hydrogen (secondary N) is 1. The average Bonchev–Trinajstić information content (AvgIpc) is 3.06. The second kappa shape index (κ2) is 7.21. The zero-order valence-corrected chi connectivity index (χ0v) is 13.5. The number of ether oxygens (including phenoxy) is 2. The first kappa shape index (κ1) is 16.1. The summed E-state index contributed by atoms with van der Waals surface area (Å²) in [6, 6.07) is 0.205. The topological polar surface area (TPSA) is 116 Å². The van der Waals surface area contributed by atoms with E-state index in [0.29, 0.717) is 49.4 Å². The predicted molar refractivity (Wildman–Crippen MR) is 81.8 cm³/mol. The SMILES string of the molecule is COc1nc(CNC(=O)c2cnoc2C)nc(N2CCOCC2)n1. The van der Waals surface area contributed by atoms with Gasteiger partial charge in [0.1, 0.15) is 11.3 Å². The molecule has 0 atom stereocenters. The molecule has 0 spiro atoms. The summed E-state index contributed by atoms with van der Waals surface area (Å²) in [4.78, 5) is 26.9. The van der Waals surface area contributed by atoms with Gasteiger partial charge in [-0.25, -0.2) is 0 Å². The minimum atomic E-state index is -0.305. The molecular weight excluding hydrogens is 316 g/mol. The van der Waals surface area contributed by atoms with Crippen LogP contribution in [0.1, 0.15) is 21.9 Å². The summed E-state index contributed by atoms with van der Waals surface area (Å²) in [6.07, 6.45) is 1.37. The van der Waals surface area contributed by atoms with E-state index in [9.17, 15) is 4.79 Å². The number of carbonyl (C=O) groups excluding carboxylic acids is 1. The minimum Gasteiger partial charge on any atom is -0.467 e. The molecule has 1 N–H and O–H groups in total. The Hall–Kier alpha value is -2.75. The Kier molecular flexibility index (Phi) is 4.85. The number of methoxy groups -OCH3 is 1. The monoisotopic (exact) mass is 334 g/mol. The molecule has 128 valence electrons. The highest BCUT2D eigenvalue weighted by Crippen LogP contribution is 2.14. The van der Waals surface area contributed by atoms with E-state index < -0.39 is 0 Å². The lowest BCUT2D eigenvalue weighted by Gasteiger charge is -2.26. The number of nitrogens with zero attached hydrogens (tertiary/aromatic N) is 5. The number of hydrogen-bond donors (Lipinski definition) is 1. The normalized spacial score (nSPS) is 14.5. The number of amides is 1. The lowest BCUT2D eigenvalue weighted by Crippen LogP contribution is -2.37. The molecule has 1 aliphatic heterocycles. The van der Waals surface area contributed by atoms with E-state index >= 15 is 0 Å². The maximum atomic E-state index is 12.1. The third-order valence-corrected chi connectivity index (χ3v) is 3.53. The maximum Gasteiger partial charge on any atom is 0.321 e. The van der Waals surface area contributed by atoms with E-state index in [4.69, 9.17) is 14.0 Å². The van der Waals surface area contributed by atoms with Crippen LogP contribution in [-0.4, -0.2) is 59.4 Å². The number of morpholine rings is 1. The van der Waals surface area contributed by atoms with Gasteiger partial charge in [-0.2, -0.15) is 15.0 Å². The third-order valence-electron chi connectivity index (χ3n) is 3.53. The fourth-order valence-electron chi connectivity index (χ4n) is 2.23. The quantitative estimate of drug-likeness (QED) is 0.803. The van der Waals surface area contributed by atoms with Crippen LogP contribution in [0, 0.1) is 6.92 Å². The van der Waals surface area contributed by atoms with Crippen LogP contribution in [0.4, 0.5) is 5.95 Å². The van der Waals surface area contributed by atoms with E-state index in [0.717, 1.165) is 0 Å². The van der Waals surface area contributed by atoms with Crippen LogP contribution in [0.25, 0.3) is 0 Å². The summed E-state index contributed by atoms with van der Waals surface area (Å²) in [6.45, 7) is 4.43. The van der Waals surface area contributed by atoms with Gasteiger partial charge >= 0.3 is 6.01 Å². The molecule has 3 rings (SSSR count). The van der Waals surface area contributed by atoms with Crippen LogP contribution in [0.2, 0.25) is 0 Å². The highest BCUT2D eigenvalue weighted by atomic mass is 16.5. The van der Waals surface area contributed by atoms with E-state index in [1.54, 1.807) is 6.92 Å². The van der Waals surface area contributed by atoms with Crippen molar-refractivity contribution in [2.45, 2.75) is 13.5 Å². The van der Waals surface area contributed by atoms with Crippen molar-refractivity contribution < 1.29 is 18.8 Å². The summed E-state index contributed by atoms with van der Waals surface area (Å²) in [7, 11) is 1.49. The van der Waals surface area contributed by atoms with Crippen LogP contribution in [-0.2, 0) is 11.3 Å². The van der Waals surface area contributed by atoms with Crippen molar-refractivity contribution in [1.82, 2.24) is 25.4 Å². The molecule has 3 heterocycles. The van der Waals surface area contributed by atoms with Gasteiger partial charge in [-0.15, -0.1) is 0 Å². The highest BCUT2D eigenvalue weighted by molar-refractivity contribution is 5.94. The molecule has 0 aromatic carbocycles. The molecule has 2 aromatic rings. The molecule has 1 aliphatic rings. The zero-order valence-electron chi connectivity index (χ0n) is 13.5. The fourth-order valence-corrected chi connectivity index (χ4v) is 2.23. The largest absolute Gasteiger partial charge is 0.467 e. The summed E-state index contributed by atoms with van der Waals surface area (Å²) in [5.41, 5.74) is 0.379. The predicted octanol–water partition coefficient (Wildman–Crippen LogP) is -0.0568. The van der Waals surface area contributed by atoms with Gasteiger partial charge in [0.2, 0.25) is 5.95 Å². The molecule has 1 saturated heterocycles. The van der Waals surface area contributed by atoms with Gasteiger partial charge < -0.3 is 24.2 Å². The average molecular weight is 334 g/mol. The molecule has 1 amide bonds. The van der Waals surface area contributed by atoms with Crippen molar-refractivity contribution >= 4 is 11.9 Å².